The minimum Gasteiger partial charge on any atom is -0.355 e. The van der Waals surface area contributed by atoms with Gasteiger partial charge in [-0.05, 0) is 42.9 Å². The molecule has 1 aliphatic heterocycles. The van der Waals surface area contributed by atoms with Crippen molar-refractivity contribution in [1.29, 1.82) is 0 Å². The zero-order valence-corrected chi connectivity index (χ0v) is 19.2. The number of hydrogen-bond acceptors (Lipinski definition) is 5. The molecule has 8 nitrogen and oxygen atoms in total. The third-order valence-electron chi connectivity index (χ3n) is 5.42. The molecule has 1 atom stereocenters. The quantitative estimate of drug-likeness (QED) is 0.620. The maximum absolute atomic E-state index is 12.7. The molecular formula is C23H28ClN5O3. The molecule has 0 spiro atoms. The first-order chi connectivity index (χ1) is 15.3. The van der Waals surface area contributed by atoms with Gasteiger partial charge in [0.2, 0.25) is 11.8 Å². The lowest BCUT2D eigenvalue weighted by Crippen LogP contribution is -2.48. The van der Waals surface area contributed by atoms with Crippen LogP contribution in [0.5, 0.6) is 0 Å². The van der Waals surface area contributed by atoms with Gasteiger partial charge >= 0.3 is 0 Å². The first-order valence-electron chi connectivity index (χ1n) is 10.4. The van der Waals surface area contributed by atoms with Gasteiger partial charge in [0.05, 0.1) is 17.3 Å². The van der Waals surface area contributed by atoms with Crippen molar-refractivity contribution in [2.75, 3.05) is 50.9 Å². The molecule has 0 aliphatic carbocycles. The second-order valence-electron chi connectivity index (χ2n) is 7.86. The zero-order valence-electron chi connectivity index (χ0n) is 18.4. The highest BCUT2D eigenvalue weighted by Gasteiger charge is 2.27. The molecule has 1 saturated heterocycles. The minimum absolute atomic E-state index is 0.0710. The summed E-state index contributed by atoms with van der Waals surface area (Å²) in [7, 11) is 3.66. The van der Waals surface area contributed by atoms with Gasteiger partial charge < -0.3 is 16.0 Å². The molecule has 1 aliphatic rings. The Kier molecular flexibility index (Phi) is 7.84. The fraction of sp³-hybridized carbons (Fsp3) is 0.348. The van der Waals surface area contributed by atoms with Crippen LogP contribution in [0.2, 0.25) is 5.02 Å². The molecule has 1 heterocycles. The molecule has 0 radical (unpaired) electrons. The number of anilines is 2. The molecule has 3 rings (SSSR count). The highest BCUT2D eigenvalue weighted by atomic mass is 35.5. The second kappa shape index (κ2) is 10.6. The van der Waals surface area contributed by atoms with Gasteiger partial charge in [-0.2, -0.15) is 0 Å². The molecule has 3 amide bonds. The van der Waals surface area contributed by atoms with E-state index < -0.39 is 0 Å². The number of hydrogen-bond donors (Lipinski definition) is 3. The Balaban J connectivity index is 1.64. The summed E-state index contributed by atoms with van der Waals surface area (Å²) in [5.41, 5.74) is 2.72. The zero-order chi connectivity index (χ0) is 23.3. The normalized spacial score (nSPS) is 16.9. The van der Waals surface area contributed by atoms with E-state index in [1.54, 1.807) is 31.3 Å². The van der Waals surface area contributed by atoms with E-state index in [1.165, 1.54) is 6.92 Å². The van der Waals surface area contributed by atoms with Crippen molar-refractivity contribution >= 4 is 40.7 Å². The second-order valence-corrected chi connectivity index (χ2v) is 8.27. The number of halogens is 1. The molecular weight excluding hydrogens is 430 g/mol. The molecule has 3 N–H and O–H groups in total. The van der Waals surface area contributed by atoms with Crippen molar-refractivity contribution in [3.63, 3.8) is 0 Å². The fourth-order valence-corrected chi connectivity index (χ4v) is 3.98. The smallest absolute Gasteiger partial charge is 0.251 e. The first-order valence-corrected chi connectivity index (χ1v) is 10.8. The van der Waals surface area contributed by atoms with Crippen molar-refractivity contribution in [2.45, 2.75) is 13.0 Å². The lowest BCUT2D eigenvalue weighted by Gasteiger charge is -2.39. The molecule has 2 aromatic rings. The number of carbonyl (C=O) groups excluding carboxylic acids is 3. The van der Waals surface area contributed by atoms with Crippen LogP contribution in [0.15, 0.2) is 42.5 Å². The molecule has 0 saturated carbocycles. The van der Waals surface area contributed by atoms with E-state index in [0.717, 1.165) is 18.7 Å². The summed E-state index contributed by atoms with van der Waals surface area (Å²) < 4.78 is 0. The van der Waals surface area contributed by atoms with Crippen molar-refractivity contribution < 1.29 is 14.4 Å². The lowest BCUT2D eigenvalue weighted by molar-refractivity contribution is -0.118. The summed E-state index contributed by atoms with van der Waals surface area (Å²) in [4.78, 5) is 40.1. The number of nitrogens with zero attached hydrogens (tertiary/aromatic N) is 2. The van der Waals surface area contributed by atoms with Gasteiger partial charge in [-0.1, -0.05) is 23.7 Å². The Hall–Kier alpha value is -2.94. The van der Waals surface area contributed by atoms with Crippen LogP contribution in [-0.2, 0) is 9.59 Å². The number of benzene rings is 2. The SMILES string of the molecule is CNC(=O)c1cccc([C@@H]2CN(CC(=O)Nc3ccc(NC(C)=O)cc3Cl)CCN2C)c1. The molecule has 2 aromatic carbocycles. The van der Waals surface area contributed by atoms with Crippen molar-refractivity contribution in [3.05, 3.63) is 58.6 Å². The van der Waals surface area contributed by atoms with Crippen LogP contribution >= 0.6 is 11.6 Å². The monoisotopic (exact) mass is 457 g/mol. The maximum Gasteiger partial charge on any atom is 0.251 e. The van der Waals surface area contributed by atoms with Crippen LogP contribution in [0.3, 0.4) is 0 Å². The molecule has 32 heavy (non-hydrogen) atoms. The average molecular weight is 458 g/mol. The van der Waals surface area contributed by atoms with Gasteiger partial charge in [0, 0.05) is 50.9 Å². The number of rotatable bonds is 6. The molecule has 0 unspecified atom stereocenters. The number of likely N-dealkylation sites (N-methyl/N-ethyl adjacent to an activating group) is 1. The van der Waals surface area contributed by atoms with E-state index in [4.69, 9.17) is 11.6 Å². The number of carbonyl (C=O) groups is 3. The third kappa shape index (κ3) is 6.06. The maximum atomic E-state index is 12.7. The van der Waals surface area contributed by atoms with Crippen LogP contribution in [0.1, 0.15) is 28.9 Å². The van der Waals surface area contributed by atoms with Gasteiger partial charge in [-0.3, -0.25) is 24.2 Å². The Bertz CT molecular complexity index is 1010. The van der Waals surface area contributed by atoms with Gasteiger partial charge in [-0.15, -0.1) is 0 Å². The van der Waals surface area contributed by atoms with E-state index in [0.29, 0.717) is 28.5 Å². The van der Waals surface area contributed by atoms with E-state index in [-0.39, 0.29) is 30.3 Å². The summed E-state index contributed by atoms with van der Waals surface area (Å²) in [5, 5.41) is 8.50. The van der Waals surface area contributed by atoms with Crippen LogP contribution < -0.4 is 16.0 Å². The van der Waals surface area contributed by atoms with Crippen LogP contribution in [0.4, 0.5) is 11.4 Å². The molecule has 9 heteroatoms. The highest BCUT2D eigenvalue weighted by molar-refractivity contribution is 6.34. The summed E-state index contributed by atoms with van der Waals surface area (Å²) in [5.74, 6) is -0.479. The standard InChI is InChI=1S/C23H28ClN5O3/c1-15(30)26-18-7-8-20(19(24)12-18)27-22(31)14-29-10-9-28(3)21(13-29)16-5-4-6-17(11-16)23(32)25-2/h4-8,11-12,21H,9-10,13-14H2,1-3H3,(H,25,32)(H,26,30)(H,27,31)/t21-/m0/s1. The largest absolute Gasteiger partial charge is 0.355 e. The third-order valence-corrected chi connectivity index (χ3v) is 5.74. The first kappa shape index (κ1) is 23.7. The highest BCUT2D eigenvalue weighted by Crippen LogP contribution is 2.27. The topological polar surface area (TPSA) is 93.8 Å². The summed E-state index contributed by atoms with van der Waals surface area (Å²) in [6.07, 6.45) is 0. The predicted molar refractivity (Wildman–Crippen MR) is 126 cm³/mol. The number of piperazine rings is 1. The van der Waals surface area contributed by atoms with E-state index >= 15 is 0 Å². The predicted octanol–water partition coefficient (Wildman–Crippen LogP) is 2.59. The van der Waals surface area contributed by atoms with Gasteiger partial charge in [0.25, 0.3) is 5.91 Å². The van der Waals surface area contributed by atoms with Gasteiger partial charge in [0.15, 0.2) is 0 Å². The van der Waals surface area contributed by atoms with Crippen molar-refractivity contribution in [3.8, 4) is 0 Å². The molecule has 170 valence electrons. The lowest BCUT2D eigenvalue weighted by atomic mass is 10.00. The van der Waals surface area contributed by atoms with Crippen LogP contribution in [0, 0.1) is 0 Å². The van der Waals surface area contributed by atoms with Crippen LogP contribution in [0.25, 0.3) is 0 Å². The Labute approximate surface area is 192 Å². The van der Waals surface area contributed by atoms with E-state index in [2.05, 4.69) is 25.8 Å². The Morgan fingerprint density at radius 3 is 2.56 bits per heavy atom. The number of amides is 3. The van der Waals surface area contributed by atoms with Crippen molar-refractivity contribution in [1.82, 2.24) is 15.1 Å². The Morgan fingerprint density at radius 2 is 1.88 bits per heavy atom. The fourth-order valence-electron chi connectivity index (χ4n) is 3.76. The summed E-state index contributed by atoms with van der Waals surface area (Å²) in [6, 6.07) is 12.6. The Morgan fingerprint density at radius 1 is 1.09 bits per heavy atom. The summed E-state index contributed by atoms with van der Waals surface area (Å²) >= 11 is 6.26. The van der Waals surface area contributed by atoms with Crippen molar-refractivity contribution in [2.24, 2.45) is 0 Å². The number of nitrogens with one attached hydrogen (secondary N) is 3. The molecule has 0 bridgehead atoms. The molecule has 0 aromatic heterocycles. The van der Waals surface area contributed by atoms with E-state index in [9.17, 15) is 14.4 Å². The van der Waals surface area contributed by atoms with E-state index in [1.807, 2.05) is 25.2 Å². The van der Waals surface area contributed by atoms with Gasteiger partial charge in [-0.25, -0.2) is 0 Å². The van der Waals surface area contributed by atoms with Gasteiger partial charge in [0.1, 0.15) is 0 Å². The van der Waals surface area contributed by atoms with Crippen LogP contribution in [-0.4, -0.2) is 67.8 Å². The molecule has 1 fully saturated rings. The summed E-state index contributed by atoms with van der Waals surface area (Å²) in [6.45, 7) is 3.86. The minimum atomic E-state index is -0.191. The average Bonchev–Trinajstić information content (AvgIpc) is 2.76.